The number of carbonyl (C=O) groups is 1. The molecule has 1 N–H and O–H groups in total. The van der Waals surface area contributed by atoms with Crippen LogP contribution in [-0.2, 0) is 6.61 Å². The van der Waals surface area contributed by atoms with Crippen molar-refractivity contribution in [2.45, 2.75) is 6.61 Å². The molecule has 7 nitrogen and oxygen atoms in total. The quantitative estimate of drug-likeness (QED) is 0.483. The Balaban J connectivity index is 1.80. The number of nitro benzene ring substituents is 1. The van der Waals surface area contributed by atoms with Crippen LogP contribution < -0.4 is 9.47 Å². The molecule has 0 heterocycles. The van der Waals surface area contributed by atoms with E-state index in [-0.39, 0.29) is 23.6 Å². The number of hydrogen-bond acceptors (Lipinski definition) is 5. The largest absolute Gasteiger partial charge is 0.482 e. The first kappa shape index (κ1) is 17.9. The van der Waals surface area contributed by atoms with E-state index in [1.807, 2.05) is 30.3 Å². The van der Waals surface area contributed by atoms with Gasteiger partial charge in [-0.05, 0) is 35.9 Å². The molecule has 3 rings (SSSR count). The second kappa shape index (κ2) is 8.01. The van der Waals surface area contributed by atoms with Gasteiger partial charge in [-0.1, -0.05) is 30.3 Å². The molecule has 3 aromatic rings. The Morgan fingerprint density at radius 3 is 2.26 bits per heavy atom. The van der Waals surface area contributed by atoms with Gasteiger partial charge in [-0.3, -0.25) is 10.1 Å². The lowest BCUT2D eigenvalue weighted by Gasteiger charge is -2.10. The number of hydrogen-bond donors (Lipinski definition) is 1. The maximum Gasteiger partial charge on any atom is 0.335 e. The third-order valence-electron chi connectivity index (χ3n) is 3.70. The number of benzene rings is 3. The van der Waals surface area contributed by atoms with E-state index in [2.05, 4.69) is 0 Å². The van der Waals surface area contributed by atoms with Crippen molar-refractivity contribution >= 4 is 11.7 Å². The molecule has 27 heavy (non-hydrogen) atoms. The zero-order valence-electron chi connectivity index (χ0n) is 14.1. The molecular weight excluding hydrogens is 350 g/mol. The van der Waals surface area contributed by atoms with Crippen molar-refractivity contribution in [2.75, 3.05) is 0 Å². The summed E-state index contributed by atoms with van der Waals surface area (Å²) in [7, 11) is 0. The molecule has 0 aliphatic rings. The minimum atomic E-state index is -1.03. The maximum absolute atomic E-state index is 11.2. The zero-order chi connectivity index (χ0) is 19.2. The van der Waals surface area contributed by atoms with Gasteiger partial charge in [-0.25, -0.2) is 4.79 Å². The number of aromatic carboxylic acids is 1. The summed E-state index contributed by atoms with van der Waals surface area (Å²) in [5.74, 6) is -0.202. The van der Waals surface area contributed by atoms with Gasteiger partial charge < -0.3 is 14.6 Å². The first-order chi connectivity index (χ1) is 13.0. The van der Waals surface area contributed by atoms with E-state index >= 15 is 0 Å². The third kappa shape index (κ3) is 4.60. The van der Waals surface area contributed by atoms with Crippen LogP contribution in [0.3, 0.4) is 0 Å². The van der Waals surface area contributed by atoms with Gasteiger partial charge in [0.1, 0.15) is 18.1 Å². The van der Waals surface area contributed by atoms with E-state index in [0.717, 1.165) is 5.56 Å². The van der Waals surface area contributed by atoms with Crippen LogP contribution in [0.1, 0.15) is 15.9 Å². The van der Waals surface area contributed by atoms with Gasteiger partial charge >= 0.3 is 11.7 Å². The van der Waals surface area contributed by atoms with E-state index in [9.17, 15) is 14.9 Å². The van der Waals surface area contributed by atoms with Gasteiger partial charge in [0, 0.05) is 12.1 Å². The minimum absolute atomic E-state index is 0.0866. The first-order valence-electron chi connectivity index (χ1n) is 7.99. The van der Waals surface area contributed by atoms with Crippen LogP contribution in [0, 0.1) is 10.1 Å². The van der Waals surface area contributed by atoms with Crippen LogP contribution in [-0.4, -0.2) is 16.0 Å². The van der Waals surface area contributed by atoms with Crippen LogP contribution in [0.4, 0.5) is 5.69 Å². The molecule has 0 unspecified atom stereocenters. The Bertz CT molecular complexity index is 954. The Morgan fingerprint density at radius 1 is 0.963 bits per heavy atom. The monoisotopic (exact) mass is 365 g/mol. The van der Waals surface area contributed by atoms with E-state index < -0.39 is 10.9 Å². The molecule has 0 bridgehead atoms. The van der Waals surface area contributed by atoms with Gasteiger partial charge in [0.2, 0.25) is 5.75 Å². The van der Waals surface area contributed by atoms with Gasteiger partial charge in [-0.2, -0.15) is 0 Å². The normalized spacial score (nSPS) is 10.2. The molecule has 0 atom stereocenters. The second-order valence-electron chi connectivity index (χ2n) is 5.59. The lowest BCUT2D eigenvalue weighted by molar-refractivity contribution is -0.386. The van der Waals surface area contributed by atoms with Crippen molar-refractivity contribution in [3.63, 3.8) is 0 Å². The third-order valence-corrected chi connectivity index (χ3v) is 3.70. The predicted molar refractivity (Wildman–Crippen MR) is 97.3 cm³/mol. The average Bonchev–Trinajstić information content (AvgIpc) is 2.67. The number of ether oxygens (including phenoxy) is 2. The molecule has 0 spiro atoms. The minimum Gasteiger partial charge on any atom is -0.482 e. The number of nitro groups is 1. The molecular formula is C20H15NO6. The average molecular weight is 365 g/mol. The van der Waals surface area contributed by atoms with Gasteiger partial charge in [-0.15, -0.1) is 0 Å². The van der Waals surface area contributed by atoms with E-state index in [1.54, 1.807) is 0 Å². The summed E-state index contributed by atoms with van der Waals surface area (Å²) >= 11 is 0. The van der Waals surface area contributed by atoms with Crippen molar-refractivity contribution in [2.24, 2.45) is 0 Å². The molecule has 3 aromatic carbocycles. The van der Waals surface area contributed by atoms with Crippen LogP contribution in [0.15, 0.2) is 72.8 Å². The topological polar surface area (TPSA) is 98.9 Å². The van der Waals surface area contributed by atoms with Crippen molar-refractivity contribution < 1.29 is 24.3 Å². The molecule has 0 aliphatic heterocycles. The SMILES string of the molecule is O=C(O)c1ccc(Oc2ccc([N+](=O)[O-])c(OCc3ccccc3)c2)cc1. The number of rotatable bonds is 7. The van der Waals surface area contributed by atoms with Gasteiger partial charge in [0.15, 0.2) is 0 Å². The molecule has 7 heteroatoms. The zero-order valence-corrected chi connectivity index (χ0v) is 14.1. The van der Waals surface area contributed by atoms with Crippen LogP contribution in [0.2, 0.25) is 0 Å². The number of carboxylic acids is 1. The highest BCUT2D eigenvalue weighted by molar-refractivity contribution is 5.87. The standard InChI is InChI=1S/C20H15NO6/c22-20(23)15-6-8-16(9-7-15)27-17-10-11-18(21(24)25)19(12-17)26-13-14-4-2-1-3-5-14/h1-12H,13H2,(H,22,23). The Morgan fingerprint density at radius 2 is 1.63 bits per heavy atom. The van der Waals surface area contributed by atoms with Gasteiger partial charge in [0.25, 0.3) is 0 Å². The fourth-order valence-corrected chi connectivity index (χ4v) is 2.36. The Kier molecular flexibility index (Phi) is 5.32. The summed E-state index contributed by atoms with van der Waals surface area (Å²) in [6.07, 6.45) is 0. The summed E-state index contributed by atoms with van der Waals surface area (Å²) in [5.41, 5.74) is 0.847. The van der Waals surface area contributed by atoms with Crippen molar-refractivity contribution in [1.29, 1.82) is 0 Å². The molecule has 0 aliphatic carbocycles. The highest BCUT2D eigenvalue weighted by Crippen LogP contribution is 2.33. The molecule has 0 fully saturated rings. The van der Waals surface area contributed by atoms with Crippen molar-refractivity contribution in [1.82, 2.24) is 0 Å². The maximum atomic E-state index is 11.2. The molecule has 136 valence electrons. The highest BCUT2D eigenvalue weighted by Gasteiger charge is 2.17. The summed E-state index contributed by atoms with van der Waals surface area (Å²) in [4.78, 5) is 21.6. The molecule has 0 saturated carbocycles. The molecule has 0 aromatic heterocycles. The van der Waals surface area contributed by atoms with Gasteiger partial charge in [0.05, 0.1) is 10.5 Å². The number of carboxylic acid groups (broad SMARTS) is 1. The van der Waals surface area contributed by atoms with Crippen LogP contribution >= 0.6 is 0 Å². The van der Waals surface area contributed by atoms with E-state index in [4.69, 9.17) is 14.6 Å². The van der Waals surface area contributed by atoms with Crippen LogP contribution in [0.25, 0.3) is 0 Å². The summed E-state index contributed by atoms with van der Waals surface area (Å²) in [6.45, 7) is 0.179. The first-order valence-corrected chi connectivity index (χ1v) is 7.99. The second-order valence-corrected chi connectivity index (χ2v) is 5.59. The van der Waals surface area contributed by atoms with Crippen molar-refractivity contribution in [3.05, 3.63) is 94.0 Å². The molecule has 0 radical (unpaired) electrons. The smallest absolute Gasteiger partial charge is 0.335 e. The Hall–Kier alpha value is -3.87. The lowest BCUT2D eigenvalue weighted by atomic mass is 10.2. The molecule has 0 saturated heterocycles. The van der Waals surface area contributed by atoms with E-state index in [0.29, 0.717) is 11.5 Å². The predicted octanol–water partition coefficient (Wildman–Crippen LogP) is 4.66. The highest BCUT2D eigenvalue weighted by atomic mass is 16.6. The summed E-state index contributed by atoms with van der Waals surface area (Å²) < 4.78 is 11.3. The van der Waals surface area contributed by atoms with Crippen LogP contribution in [0.5, 0.6) is 17.2 Å². The summed E-state index contributed by atoms with van der Waals surface area (Å²) in [6, 6.07) is 19.3. The summed E-state index contributed by atoms with van der Waals surface area (Å²) in [5, 5.41) is 20.1. The van der Waals surface area contributed by atoms with Crippen molar-refractivity contribution in [3.8, 4) is 17.2 Å². The number of nitrogens with zero attached hydrogens (tertiary/aromatic N) is 1. The fourth-order valence-electron chi connectivity index (χ4n) is 2.36. The van der Waals surface area contributed by atoms with E-state index in [1.165, 1.54) is 42.5 Å². The Labute approximate surface area is 154 Å². The lowest BCUT2D eigenvalue weighted by Crippen LogP contribution is -1.99. The molecule has 0 amide bonds. The fraction of sp³-hybridized carbons (Fsp3) is 0.0500.